The molecule has 0 spiro atoms. The van der Waals surface area contributed by atoms with Gasteiger partial charge in [0.1, 0.15) is 6.10 Å². The molecule has 7 heteroatoms. The molecule has 1 rings (SSSR count). The predicted molar refractivity (Wildman–Crippen MR) is 68.2 cm³/mol. The topological polar surface area (TPSA) is 108 Å². The van der Waals surface area contributed by atoms with Gasteiger partial charge in [-0.3, -0.25) is 0 Å². The largest absolute Gasteiger partial charge is 0.390 e. The molecular formula is C12H17N3O4. The number of aliphatic hydroxyl groups is 2. The summed E-state index contributed by atoms with van der Waals surface area (Å²) < 4.78 is 10.3. The quantitative estimate of drug-likeness (QED) is 0.339. The van der Waals surface area contributed by atoms with Crippen LogP contribution < -0.4 is 0 Å². The number of azide groups is 1. The van der Waals surface area contributed by atoms with Crippen molar-refractivity contribution in [2.75, 3.05) is 20.8 Å². The minimum absolute atomic E-state index is 0.212. The van der Waals surface area contributed by atoms with Gasteiger partial charge in [0.15, 0.2) is 6.29 Å². The lowest BCUT2D eigenvalue weighted by molar-refractivity contribution is -0.108. The van der Waals surface area contributed by atoms with Gasteiger partial charge in [0.2, 0.25) is 0 Å². The first-order valence-corrected chi connectivity index (χ1v) is 5.67. The van der Waals surface area contributed by atoms with E-state index < -0.39 is 18.5 Å². The van der Waals surface area contributed by atoms with E-state index in [0.29, 0.717) is 11.1 Å². The summed E-state index contributed by atoms with van der Waals surface area (Å²) in [5.74, 6) is 0. The van der Waals surface area contributed by atoms with Gasteiger partial charge in [-0.05, 0) is 11.1 Å². The van der Waals surface area contributed by atoms with Crippen LogP contribution in [0.4, 0.5) is 0 Å². The number of aliphatic hydroxyl groups excluding tert-OH is 2. The van der Waals surface area contributed by atoms with Crippen molar-refractivity contribution in [3.63, 3.8) is 0 Å². The molecule has 0 aromatic heterocycles. The highest BCUT2D eigenvalue weighted by atomic mass is 16.7. The van der Waals surface area contributed by atoms with E-state index in [9.17, 15) is 10.2 Å². The van der Waals surface area contributed by atoms with Crippen molar-refractivity contribution in [2.24, 2.45) is 5.11 Å². The van der Waals surface area contributed by atoms with Gasteiger partial charge in [0.25, 0.3) is 0 Å². The lowest BCUT2D eigenvalue weighted by Gasteiger charge is -2.23. The molecule has 7 nitrogen and oxygen atoms in total. The molecule has 19 heavy (non-hydrogen) atoms. The third-order valence-electron chi connectivity index (χ3n) is 2.69. The predicted octanol–water partition coefficient (Wildman–Crippen LogP) is 1.68. The summed E-state index contributed by atoms with van der Waals surface area (Å²) in [6.45, 7) is -0.212. The van der Waals surface area contributed by atoms with Gasteiger partial charge in [0, 0.05) is 24.7 Å². The molecule has 0 saturated heterocycles. The molecular weight excluding hydrogens is 250 g/mol. The normalized spacial score (nSPS) is 13.9. The van der Waals surface area contributed by atoms with Crippen LogP contribution in [0.5, 0.6) is 0 Å². The first-order chi connectivity index (χ1) is 9.15. The zero-order valence-electron chi connectivity index (χ0n) is 10.8. The molecule has 0 amide bonds. The van der Waals surface area contributed by atoms with Crippen molar-refractivity contribution >= 4 is 0 Å². The first kappa shape index (κ1) is 15.4. The summed E-state index contributed by atoms with van der Waals surface area (Å²) in [5, 5.41) is 23.1. The van der Waals surface area contributed by atoms with E-state index in [2.05, 4.69) is 10.0 Å². The molecule has 0 saturated carbocycles. The van der Waals surface area contributed by atoms with Gasteiger partial charge in [-0.1, -0.05) is 29.4 Å². The fraction of sp³-hybridized carbons (Fsp3) is 0.500. The molecule has 0 heterocycles. The van der Waals surface area contributed by atoms with E-state index in [-0.39, 0.29) is 6.54 Å². The molecule has 0 aliphatic rings. The van der Waals surface area contributed by atoms with Crippen LogP contribution >= 0.6 is 0 Å². The summed E-state index contributed by atoms with van der Waals surface area (Å²) in [6.07, 6.45) is -3.02. The standard InChI is InChI=1S/C12H17N3O4/c1-18-12(19-2)9-6-4-3-5-8(9)11(17)10(16)7-14-15-13/h3-6,10-12,16-17H,7H2,1-2H3. The Labute approximate surface area is 111 Å². The third-order valence-corrected chi connectivity index (χ3v) is 2.69. The third kappa shape index (κ3) is 3.92. The second kappa shape index (κ2) is 7.73. The van der Waals surface area contributed by atoms with Crippen molar-refractivity contribution < 1.29 is 19.7 Å². The van der Waals surface area contributed by atoms with Crippen LogP contribution in [0.1, 0.15) is 23.5 Å². The van der Waals surface area contributed by atoms with Crippen LogP contribution in [0.2, 0.25) is 0 Å². The van der Waals surface area contributed by atoms with Crippen LogP contribution in [-0.2, 0) is 9.47 Å². The molecule has 0 aliphatic carbocycles. The molecule has 0 aliphatic heterocycles. The van der Waals surface area contributed by atoms with E-state index in [0.717, 1.165) is 0 Å². The van der Waals surface area contributed by atoms with E-state index >= 15 is 0 Å². The van der Waals surface area contributed by atoms with Crippen molar-refractivity contribution in [1.82, 2.24) is 0 Å². The zero-order valence-corrected chi connectivity index (χ0v) is 10.8. The van der Waals surface area contributed by atoms with Gasteiger partial charge in [-0.2, -0.15) is 0 Å². The van der Waals surface area contributed by atoms with Gasteiger partial charge < -0.3 is 19.7 Å². The number of benzene rings is 1. The van der Waals surface area contributed by atoms with E-state index in [1.807, 2.05) is 0 Å². The minimum Gasteiger partial charge on any atom is -0.390 e. The highest BCUT2D eigenvalue weighted by Gasteiger charge is 2.23. The molecule has 1 aromatic carbocycles. The Morgan fingerprint density at radius 1 is 1.21 bits per heavy atom. The highest BCUT2D eigenvalue weighted by molar-refractivity contribution is 5.31. The summed E-state index contributed by atoms with van der Waals surface area (Å²) in [5.41, 5.74) is 9.29. The second-order valence-electron chi connectivity index (χ2n) is 3.86. The van der Waals surface area contributed by atoms with Gasteiger partial charge in [-0.25, -0.2) is 0 Å². The number of methoxy groups -OCH3 is 2. The maximum atomic E-state index is 10.1. The van der Waals surface area contributed by atoms with Crippen molar-refractivity contribution in [3.8, 4) is 0 Å². The molecule has 2 N–H and O–H groups in total. The van der Waals surface area contributed by atoms with Crippen LogP contribution in [0.15, 0.2) is 29.4 Å². The molecule has 104 valence electrons. The first-order valence-electron chi connectivity index (χ1n) is 5.67. The number of nitrogens with zero attached hydrogens (tertiary/aromatic N) is 3. The number of hydrogen-bond donors (Lipinski definition) is 2. The van der Waals surface area contributed by atoms with E-state index in [4.69, 9.17) is 15.0 Å². The van der Waals surface area contributed by atoms with Crippen molar-refractivity contribution in [2.45, 2.75) is 18.5 Å². The van der Waals surface area contributed by atoms with E-state index in [1.54, 1.807) is 24.3 Å². The number of rotatable bonds is 7. The molecule has 2 atom stereocenters. The van der Waals surface area contributed by atoms with Crippen LogP contribution in [-0.4, -0.2) is 37.1 Å². The average Bonchev–Trinajstić information content (AvgIpc) is 2.46. The SMILES string of the molecule is COC(OC)c1ccccc1C(O)C(O)CN=[N+]=[N-]. The smallest absolute Gasteiger partial charge is 0.183 e. The Bertz CT molecular complexity index is 444. The van der Waals surface area contributed by atoms with Crippen LogP contribution in [0.3, 0.4) is 0 Å². The fourth-order valence-electron chi connectivity index (χ4n) is 1.77. The average molecular weight is 267 g/mol. The Morgan fingerprint density at radius 2 is 1.79 bits per heavy atom. The summed E-state index contributed by atoms with van der Waals surface area (Å²) >= 11 is 0. The minimum atomic E-state index is -1.19. The summed E-state index contributed by atoms with van der Waals surface area (Å²) in [4.78, 5) is 2.55. The monoisotopic (exact) mass is 267 g/mol. The zero-order chi connectivity index (χ0) is 14.3. The van der Waals surface area contributed by atoms with Gasteiger partial charge in [0.05, 0.1) is 12.6 Å². The fourth-order valence-corrected chi connectivity index (χ4v) is 1.77. The number of hydrogen-bond acceptors (Lipinski definition) is 5. The molecule has 0 radical (unpaired) electrons. The van der Waals surface area contributed by atoms with E-state index in [1.165, 1.54) is 14.2 Å². The van der Waals surface area contributed by atoms with Crippen molar-refractivity contribution in [1.29, 1.82) is 0 Å². The maximum absolute atomic E-state index is 10.1. The molecule has 0 bridgehead atoms. The Balaban J connectivity index is 3.01. The summed E-state index contributed by atoms with van der Waals surface area (Å²) in [6, 6.07) is 6.89. The maximum Gasteiger partial charge on any atom is 0.183 e. The second-order valence-corrected chi connectivity index (χ2v) is 3.86. The molecule has 2 unspecified atom stereocenters. The van der Waals surface area contributed by atoms with Crippen molar-refractivity contribution in [3.05, 3.63) is 45.8 Å². The lowest BCUT2D eigenvalue weighted by atomic mass is 9.98. The summed E-state index contributed by atoms with van der Waals surface area (Å²) in [7, 11) is 2.96. The Kier molecular flexibility index (Phi) is 6.27. The Morgan fingerprint density at radius 3 is 2.32 bits per heavy atom. The van der Waals surface area contributed by atoms with Gasteiger partial charge >= 0.3 is 0 Å². The highest BCUT2D eigenvalue weighted by Crippen LogP contribution is 2.28. The van der Waals surface area contributed by atoms with Crippen LogP contribution in [0.25, 0.3) is 10.4 Å². The number of ether oxygens (including phenoxy) is 2. The molecule has 0 fully saturated rings. The Hall–Kier alpha value is -1.63. The van der Waals surface area contributed by atoms with Crippen LogP contribution in [0, 0.1) is 0 Å². The van der Waals surface area contributed by atoms with Gasteiger partial charge in [-0.15, -0.1) is 0 Å². The molecule has 1 aromatic rings. The lowest BCUT2D eigenvalue weighted by Crippen LogP contribution is -2.23.